The molecule has 0 aliphatic rings. The van der Waals surface area contributed by atoms with E-state index in [4.69, 9.17) is 5.73 Å². The van der Waals surface area contributed by atoms with E-state index in [1.165, 1.54) is 17.2 Å². The van der Waals surface area contributed by atoms with Crippen molar-refractivity contribution in [1.29, 1.82) is 0 Å². The molecule has 0 aliphatic heterocycles. The molecule has 0 aromatic heterocycles. The largest absolute Gasteiger partial charge is 0.329 e. The van der Waals surface area contributed by atoms with Gasteiger partial charge in [0.1, 0.15) is 0 Å². The van der Waals surface area contributed by atoms with Crippen LogP contribution in [0.15, 0.2) is 42.5 Å². The first-order chi connectivity index (χ1) is 10.0. The highest BCUT2D eigenvalue weighted by Crippen LogP contribution is 2.23. The van der Waals surface area contributed by atoms with Crippen molar-refractivity contribution in [3.05, 3.63) is 70.8 Å². The van der Waals surface area contributed by atoms with E-state index in [2.05, 4.69) is 24.0 Å². The maximum atomic E-state index is 13.4. The van der Waals surface area contributed by atoms with Gasteiger partial charge in [0.15, 0.2) is 11.6 Å². The molecule has 2 nitrogen and oxygen atoms in total. The fourth-order valence-corrected chi connectivity index (χ4v) is 2.46. The Kier molecular flexibility index (Phi) is 5.04. The summed E-state index contributed by atoms with van der Waals surface area (Å²) in [4.78, 5) is 2.05. The van der Waals surface area contributed by atoms with Crippen molar-refractivity contribution in [3.8, 4) is 0 Å². The number of nitrogens with two attached hydrogens (primary N) is 1. The molecule has 21 heavy (non-hydrogen) atoms. The number of halogens is 2. The zero-order valence-electron chi connectivity index (χ0n) is 12.3. The second-order valence-corrected chi connectivity index (χ2v) is 5.27. The molecule has 0 spiro atoms. The van der Waals surface area contributed by atoms with Crippen molar-refractivity contribution in [2.75, 3.05) is 13.6 Å². The van der Waals surface area contributed by atoms with Gasteiger partial charge in [0.2, 0.25) is 0 Å². The Labute approximate surface area is 124 Å². The van der Waals surface area contributed by atoms with Crippen LogP contribution in [-0.2, 0) is 6.54 Å². The van der Waals surface area contributed by atoms with Gasteiger partial charge in [-0.1, -0.05) is 30.3 Å². The topological polar surface area (TPSA) is 29.3 Å². The molecule has 0 saturated heterocycles. The van der Waals surface area contributed by atoms with Gasteiger partial charge in [-0.2, -0.15) is 0 Å². The second-order valence-electron chi connectivity index (χ2n) is 5.27. The van der Waals surface area contributed by atoms with Crippen LogP contribution in [0.1, 0.15) is 22.7 Å². The van der Waals surface area contributed by atoms with Crippen LogP contribution in [0.3, 0.4) is 0 Å². The summed E-state index contributed by atoms with van der Waals surface area (Å²) in [6.45, 7) is 3.10. The van der Waals surface area contributed by atoms with Gasteiger partial charge >= 0.3 is 0 Å². The maximum Gasteiger partial charge on any atom is 0.159 e. The minimum atomic E-state index is -0.838. The Morgan fingerprint density at radius 2 is 1.81 bits per heavy atom. The van der Waals surface area contributed by atoms with E-state index in [9.17, 15) is 8.78 Å². The van der Waals surface area contributed by atoms with E-state index in [1.807, 2.05) is 19.2 Å². The summed E-state index contributed by atoms with van der Waals surface area (Å²) in [5.41, 5.74) is 8.91. The van der Waals surface area contributed by atoms with E-state index in [0.717, 1.165) is 6.07 Å². The molecule has 2 aromatic rings. The van der Waals surface area contributed by atoms with E-state index in [0.29, 0.717) is 18.7 Å². The Hall–Kier alpha value is -1.78. The molecule has 0 amide bonds. The quantitative estimate of drug-likeness (QED) is 0.914. The molecular weight excluding hydrogens is 270 g/mol. The summed E-state index contributed by atoms with van der Waals surface area (Å²) in [5, 5.41) is 0. The van der Waals surface area contributed by atoms with E-state index in [1.54, 1.807) is 6.07 Å². The summed E-state index contributed by atoms with van der Waals surface area (Å²) in [6.07, 6.45) is 0. The number of hydrogen-bond donors (Lipinski definition) is 1. The minimum Gasteiger partial charge on any atom is -0.329 e. The summed E-state index contributed by atoms with van der Waals surface area (Å²) in [5.74, 6) is -1.67. The lowest BCUT2D eigenvalue weighted by molar-refractivity contribution is 0.240. The molecule has 2 aromatic carbocycles. The molecule has 4 heteroatoms. The lowest BCUT2D eigenvalue weighted by Crippen LogP contribution is -2.30. The zero-order chi connectivity index (χ0) is 15.4. The molecule has 0 bridgehead atoms. The van der Waals surface area contributed by atoms with Crippen molar-refractivity contribution in [1.82, 2.24) is 4.90 Å². The fourth-order valence-electron chi connectivity index (χ4n) is 2.46. The van der Waals surface area contributed by atoms with Gasteiger partial charge in [-0.25, -0.2) is 8.78 Å². The van der Waals surface area contributed by atoms with Gasteiger partial charge in [0, 0.05) is 19.1 Å². The summed E-state index contributed by atoms with van der Waals surface area (Å²) in [7, 11) is 1.94. The molecule has 112 valence electrons. The van der Waals surface area contributed by atoms with Crippen LogP contribution in [-0.4, -0.2) is 18.5 Å². The number of benzene rings is 2. The average molecular weight is 290 g/mol. The van der Waals surface area contributed by atoms with Gasteiger partial charge in [-0.3, -0.25) is 4.90 Å². The number of likely N-dealkylation sites (N-methyl/N-ethyl adjacent to an activating group) is 1. The van der Waals surface area contributed by atoms with Gasteiger partial charge < -0.3 is 5.73 Å². The molecule has 0 heterocycles. The van der Waals surface area contributed by atoms with Crippen LogP contribution in [0.4, 0.5) is 8.78 Å². The maximum absolute atomic E-state index is 13.4. The van der Waals surface area contributed by atoms with Crippen molar-refractivity contribution in [2.45, 2.75) is 19.5 Å². The van der Waals surface area contributed by atoms with Crippen LogP contribution in [0.5, 0.6) is 0 Å². The molecule has 0 aliphatic carbocycles. The van der Waals surface area contributed by atoms with Crippen molar-refractivity contribution in [2.24, 2.45) is 5.73 Å². The number of aryl methyl sites for hydroxylation is 1. The minimum absolute atomic E-state index is 0.153. The summed E-state index contributed by atoms with van der Waals surface area (Å²) < 4.78 is 26.4. The number of nitrogens with zero attached hydrogens (tertiary/aromatic N) is 1. The standard InChI is InChI=1S/C17H20F2N2/c1-12-5-3-4-6-14(12)11-21(2)17(10-20)13-7-8-15(18)16(19)9-13/h3-9,17H,10-11,20H2,1-2H3. The van der Waals surface area contributed by atoms with Crippen LogP contribution >= 0.6 is 0 Å². The van der Waals surface area contributed by atoms with Gasteiger partial charge in [0.25, 0.3) is 0 Å². The first-order valence-electron chi connectivity index (χ1n) is 6.92. The van der Waals surface area contributed by atoms with Crippen LogP contribution < -0.4 is 5.73 Å². The average Bonchev–Trinajstić information content (AvgIpc) is 2.46. The van der Waals surface area contributed by atoms with Gasteiger partial charge in [-0.15, -0.1) is 0 Å². The van der Waals surface area contributed by atoms with E-state index in [-0.39, 0.29) is 6.04 Å². The Morgan fingerprint density at radius 3 is 2.43 bits per heavy atom. The molecule has 1 unspecified atom stereocenters. The third-order valence-electron chi connectivity index (χ3n) is 3.76. The predicted molar refractivity (Wildman–Crippen MR) is 80.8 cm³/mol. The monoisotopic (exact) mass is 290 g/mol. The van der Waals surface area contributed by atoms with Crippen LogP contribution in [0, 0.1) is 18.6 Å². The van der Waals surface area contributed by atoms with Crippen molar-refractivity contribution in [3.63, 3.8) is 0 Å². The number of hydrogen-bond acceptors (Lipinski definition) is 2. The van der Waals surface area contributed by atoms with Gasteiger partial charge in [0.05, 0.1) is 0 Å². The third-order valence-corrected chi connectivity index (χ3v) is 3.76. The molecule has 0 radical (unpaired) electrons. The third kappa shape index (κ3) is 3.65. The van der Waals surface area contributed by atoms with E-state index < -0.39 is 11.6 Å². The van der Waals surface area contributed by atoms with Gasteiger partial charge in [-0.05, 0) is 42.8 Å². The van der Waals surface area contributed by atoms with E-state index >= 15 is 0 Å². The Bertz CT molecular complexity index is 613. The molecule has 0 fully saturated rings. The van der Waals surface area contributed by atoms with Crippen LogP contribution in [0.25, 0.3) is 0 Å². The normalized spacial score (nSPS) is 12.7. The highest BCUT2D eigenvalue weighted by atomic mass is 19.2. The highest BCUT2D eigenvalue weighted by Gasteiger charge is 2.17. The van der Waals surface area contributed by atoms with Crippen LogP contribution in [0.2, 0.25) is 0 Å². The predicted octanol–water partition coefficient (Wildman–Crippen LogP) is 3.41. The first-order valence-corrected chi connectivity index (χ1v) is 6.92. The smallest absolute Gasteiger partial charge is 0.159 e. The molecule has 2 rings (SSSR count). The second kappa shape index (κ2) is 6.78. The zero-order valence-corrected chi connectivity index (χ0v) is 12.3. The summed E-state index contributed by atoms with van der Waals surface area (Å²) in [6, 6.07) is 11.9. The SMILES string of the molecule is Cc1ccccc1CN(C)C(CN)c1ccc(F)c(F)c1. The fraction of sp³-hybridized carbons (Fsp3) is 0.294. The lowest BCUT2D eigenvalue weighted by Gasteiger charge is -2.28. The first kappa shape index (κ1) is 15.6. The molecule has 0 saturated carbocycles. The lowest BCUT2D eigenvalue weighted by atomic mass is 10.0. The Balaban J connectivity index is 2.20. The molecule has 1 atom stereocenters. The summed E-state index contributed by atoms with van der Waals surface area (Å²) >= 11 is 0. The highest BCUT2D eigenvalue weighted by molar-refractivity contribution is 5.26. The number of rotatable bonds is 5. The van der Waals surface area contributed by atoms with Crippen molar-refractivity contribution >= 4 is 0 Å². The van der Waals surface area contributed by atoms with Crippen molar-refractivity contribution < 1.29 is 8.78 Å². The molecular formula is C17H20F2N2. The Morgan fingerprint density at radius 1 is 1.10 bits per heavy atom. The molecule has 2 N–H and O–H groups in total.